The van der Waals surface area contributed by atoms with Gasteiger partial charge in [-0.1, -0.05) is 37.6 Å². The molecule has 0 aliphatic carbocycles. The Morgan fingerprint density at radius 2 is 1.74 bits per heavy atom. The van der Waals surface area contributed by atoms with Crippen LogP contribution in [0.5, 0.6) is 0 Å². The lowest BCUT2D eigenvalue weighted by Crippen LogP contribution is -2.54. The molecular formula is C26H24FN3O4. The zero-order valence-electron chi connectivity index (χ0n) is 19.0. The van der Waals surface area contributed by atoms with E-state index < -0.39 is 17.9 Å². The average Bonchev–Trinajstić information content (AvgIpc) is 3.39. The number of carbonyl (C=O) groups is 3. The van der Waals surface area contributed by atoms with E-state index in [0.717, 1.165) is 16.0 Å². The van der Waals surface area contributed by atoms with Crippen LogP contribution in [0.25, 0.3) is 11.3 Å². The molecular weight excluding hydrogens is 437 g/mol. The monoisotopic (exact) mass is 461 g/mol. The maximum Gasteiger partial charge on any atom is 0.262 e. The van der Waals surface area contributed by atoms with Crippen LogP contribution in [-0.2, 0) is 17.8 Å². The van der Waals surface area contributed by atoms with E-state index in [1.54, 1.807) is 41.3 Å². The summed E-state index contributed by atoms with van der Waals surface area (Å²) in [5.41, 5.74) is 2.89. The van der Waals surface area contributed by atoms with E-state index in [4.69, 9.17) is 4.52 Å². The molecule has 2 unspecified atom stereocenters. The summed E-state index contributed by atoms with van der Waals surface area (Å²) in [5.74, 6) is -1.13. The highest BCUT2D eigenvalue weighted by atomic mass is 19.1. The molecule has 7 nitrogen and oxygen atoms in total. The van der Waals surface area contributed by atoms with Crippen LogP contribution in [0.2, 0.25) is 0 Å². The van der Waals surface area contributed by atoms with Crippen molar-refractivity contribution in [1.29, 1.82) is 0 Å². The Labute approximate surface area is 196 Å². The van der Waals surface area contributed by atoms with Crippen LogP contribution >= 0.6 is 0 Å². The maximum atomic E-state index is 13.7. The summed E-state index contributed by atoms with van der Waals surface area (Å²) >= 11 is 0. The van der Waals surface area contributed by atoms with Gasteiger partial charge in [0.05, 0.1) is 17.7 Å². The Bertz CT molecular complexity index is 1250. The minimum atomic E-state index is -0.901. The number of hydrogen-bond acceptors (Lipinski definition) is 5. The second-order valence-electron chi connectivity index (χ2n) is 8.81. The van der Waals surface area contributed by atoms with Crippen molar-refractivity contribution in [3.8, 4) is 11.3 Å². The number of imide groups is 1. The van der Waals surface area contributed by atoms with E-state index in [1.807, 2.05) is 13.8 Å². The summed E-state index contributed by atoms with van der Waals surface area (Å²) in [6.45, 7) is 4.43. The van der Waals surface area contributed by atoms with Gasteiger partial charge in [0, 0.05) is 17.7 Å². The first-order valence-corrected chi connectivity index (χ1v) is 11.4. The molecule has 2 aliphatic heterocycles. The molecule has 2 aromatic carbocycles. The lowest BCUT2D eigenvalue weighted by Gasteiger charge is -2.35. The predicted molar refractivity (Wildman–Crippen MR) is 121 cm³/mol. The van der Waals surface area contributed by atoms with Crippen molar-refractivity contribution in [3.63, 3.8) is 0 Å². The van der Waals surface area contributed by atoms with Gasteiger partial charge in [-0.25, -0.2) is 4.39 Å². The van der Waals surface area contributed by atoms with Crippen molar-refractivity contribution in [2.24, 2.45) is 5.92 Å². The number of carbonyl (C=O) groups excluding carboxylic acids is 3. The molecule has 0 bridgehead atoms. The molecule has 2 aliphatic rings. The SMILES string of the molecule is CCC(C)C(C(=O)N1CCc2c(noc2-c2ccc(F)cc2)C1)N1C(=O)c2ccccc2C1=O. The number of fused-ring (bicyclic) bond motifs is 2. The largest absolute Gasteiger partial charge is 0.356 e. The molecule has 0 saturated heterocycles. The third kappa shape index (κ3) is 3.50. The molecule has 5 rings (SSSR count). The highest BCUT2D eigenvalue weighted by Gasteiger charge is 2.46. The number of hydrogen-bond donors (Lipinski definition) is 0. The molecule has 0 radical (unpaired) electrons. The maximum absolute atomic E-state index is 13.7. The first-order valence-electron chi connectivity index (χ1n) is 11.4. The van der Waals surface area contributed by atoms with Gasteiger partial charge in [0.1, 0.15) is 17.6 Å². The van der Waals surface area contributed by atoms with Gasteiger partial charge in [-0.05, 0) is 48.7 Å². The fourth-order valence-corrected chi connectivity index (χ4v) is 4.73. The van der Waals surface area contributed by atoms with Gasteiger partial charge in [-0.2, -0.15) is 0 Å². The summed E-state index contributed by atoms with van der Waals surface area (Å²) in [4.78, 5) is 42.7. The number of aromatic nitrogens is 1. The lowest BCUT2D eigenvalue weighted by molar-refractivity contribution is -0.138. The molecule has 3 heterocycles. The molecule has 0 fully saturated rings. The van der Waals surface area contributed by atoms with E-state index in [0.29, 0.717) is 42.0 Å². The molecule has 0 spiro atoms. The zero-order valence-corrected chi connectivity index (χ0v) is 19.0. The number of halogens is 1. The number of benzene rings is 2. The predicted octanol–water partition coefficient (Wildman–Crippen LogP) is 4.08. The van der Waals surface area contributed by atoms with Gasteiger partial charge < -0.3 is 9.42 Å². The van der Waals surface area contributed by atoms with Crippen LogP contribution in [0, 0.1) is 11.7 Å². The van der Waals surface area contributed by atoms with E-state index in [1.165, 1.54) is 12.1 Å². The van der Waals surface area contributed by atoms with Gasteiger partial charge in [0.25, 0.3) is 11.8 Å². The Balaban J connectivity index is 1.42. The highest BCUT2D eigenvalue weighted by molar-refractivity contribution is 6.22. The minimum Gasteiger partial charge on any atom is -0.356 e. The average molecular weight is 461 g/mol. The summed E-state index contributed by atoms with van der Waals surface area (Å²) < 4.78 is 18.9. The van der Waals surface area contributed by atoms with Crippen molar-refractivity contribution in [2.45, 2.75) is 39.3 Å². The Morgan fingerprint density at radius 3 is 2.35 bits per heavy atom. The molecule has 1 aromatic heterocycles. The molecule has 2 atom stereocenters. The Morgan fingerprint density at radius 1 is 1.09 bits per heavy atom. The van der Waals surface area contributed by atoms with Crippen LogP contribution in [0.15, 0.2) is 53.1 Å². The Hall–Kier alpha value is -3.81. The first kappa shape index (κ1) is 22.0. The smallest absolute Gasteiger partial charge is 0.262 e. The first-order chi connectivity index (χ1) is 16.4. The summed E-state index contributed by atoms with van der Waals surface area (Å²) in [6.07, 6.45) is 1.13. The normalized spacial score (nSPS) is 16.9. The van der Waals surface area contributed by atoms with Crippen molar-refractivity contribution in [3.05, 3.63) is 76.7 Å². The van der Waals surface area contributed by atoms with Crippen LogP contribution in [0.1, 0.15) is 52.2 Å². The third-order valence-electron chi connectivity index (χ3n) is 6.80. The van der Waals surface area contributed by atoms with Gasteiger partial charge >= 0.3 is 0 Å². The van der Waals surface area contributed by atoms with Crippen molar-refractivity contribution in [2.75, 3.05) is 6.54 Å². The van der Waals surface area contributed by atoms with Crippen LogP contribution < -0.4 is 0 Å². The standard InChI is InChI=1S/C26H24FN3O4/c1-3-15(2)22(30-24(31)18-6-4-5-7-19(18)25(30)32)26(33)29-13-12-20-21(14-29)28-34-23(20)16-8-10-17(27)11-9-16/h4-11,15,22H,3,12-14H2,1-2H3. The van der Waals surface area contributed by atoms with Crippen molar-refractivity contribution < 1.29 is 23.3 Å². The summed E-state index contributed by atoms with van der Waals surface area (Å²) in [7, 11) is 0. The highest BCUT2D eigenvalue weighted by Crippen LogP contribution is 2.33. The second-order valence-corrected chi connectivity index (χ2v) is 8.81. The molecule has 174 valence electrons. The van der Waals surface area contributed by atoms with E-state index in [2.05, 4.69) is 5.16 Å². The van der Waals surface area contributed by atoms with E-state index in [-0.39, 0.29) is 24.2 Å². The van der Waals surface area contributed by atoms with Crippen molar-refractivity contribution in [1.82, 2.24) is 15.0 Å². The molecule has 0 N–H and O–H groups in total. The topological polar surface area (TPSA) is 83.7 Å². The number of nitrogens with zero attached hydrogens (tertiary/aromatic N) is 3. The van der Waals surface area contributed by atoms with Gasteiger partial charge in [-0.15, -0.1) is 0 Å². The van der Waals surface area contributed by atoms with Crippen LogP contribution in [-0.4, -0.2) is 45.3 Å². The molecule has 8 heteroatoms. The van der Waals surface area contributed by atoms with Gasteiger partial charge in [0.15, 0.2) is 5.76 Å². The quantitative estimate of drug-likeness (QED) is 0.535. The zero-order chi connectivity index (χ0) is 24.0. The minimum absolute atomic E-state index is 0.217. The van der Waals surface area contributed by atoms with Gasteiger partial charge in [-0.3, -0.25) is 19.3 Å². The molecule has 3 amide bonds. The van der Waals surface area contributed by atoms with Crippen LogP contribution in [0.4, 0.5) is 4.39 Å². The fraction of sp³-hybridized carbons (Fsp3) is 0.308. The summed E-state index contributed by atoms with van der Waals surface area (Å²) in [5, 5.41) is 4.16. The lowest BCUT2D eigenvalue weighted by atomic mass is 9.94. The summed E-state index contributed by atoms with van der Waals surface area (Å²) in [6, 6.07) is 11.8. The fourth-order valence-electron chi connectivity index (χ4n) is 4.73. The van der Waals surface area contributed by atoms with Gasteiger partial charge in [0.2, 0.25) is 5.91 Å². The number of rotatable bonds is 5. The second kappa shape index (κ2) is 8.52. The molecule has 34 heavy (non-hydrogen) atoms. The molecule has 3 aromatic rings. The molecule has 0 saturated carbocycles. The Kier molecular flexibility index (Phi) is 5.51. The third-order valence-corrected chi connectivity index (χ3v) is 6.80. The van der Waals surface area contributed by atoms with E-state index in [9.17, 15) is 18.8 Å². The van der Waals surface area contributed by atoms with Crippen LogP contribution in [0.3, 0.4) is 0 Å². The van der Waals surface area contributed by atoms with E-state index >= 15 is 0 Å². The van der Waals surface area contributed by atoms with Crippen molar-refractivity contribution >= 4 is 17.7 Å². The number of amides is 3.